The van der Waals surface area contributed by atoms with E-state index in [1.807, 2.05) is 18.2 Å². The van der Waals surface area contributed by atoms with E-state index in [-0.39, 0.29) is 23.8 Å². The Morgan fingerprint density at radius 1 is 1.20 bits per heavy atom. The standard InChI is InChI=1S/C25H27N5O4S/c1-34-22-9-7-17-23(30-22)15(10-11-26-17)12-19(31)14-2-4-16(5-3-14)27-25(33)18-6-8-20-24(28-18)29-21(32)13-35-20/h6-11,14,16,19,31H,2-5,12-13H2,1H3,(H,27,33)(H,28,29,32)/t14-,16-,19-/m0/s1. The maximum atomic E-state index is 12.7. The number of hydrogen-bond acceptors (Lipinski definition) is 8. The lowest BCUT2D eigenvalue weighted by atomic mass is 9.81. The molecule has 182 valence electrons. The Morgan fingerprint density at radius 2 is 2.03 bits per heavy atom. The highest BCUT2D eigenvalue weighted by molar-refractivity contribution is 8.00. The van der Waals surface area contributed by atoms with Crippen LogP contribution in [0.5, 0.6) is 5.88 Å². The Kier molecular flexibility index (Phi) is 6.83. The molecule has 0 bridgehead atoms. The number of anilines is 1. The number of rotatable bonds is 6. The van der Waals surface area contributed by atoms with Crippen molar-refractivity contribution in [2.45, 2.75) is 49.1 Å². The van der Waals surface area contributed by atoms with Gasteiger partial charge in [-0.2, -0.15) is 0 Å². The monoisotopic (exact) mass is 493 g/mol. The minimum absolute atomic E-state index is 0.0282. The molecule has 0 radical (unpaired) electrons. The molecule has 1 aliphatic carbocycles. The minimum atomic E-state index is -0.506. The van der Waals surface area contributed by atoms with Gasteiger partial charge in [-0.3, -0.25) is 14.6 Å². The van der Waals surface area contributed by atoms with Crippen molar-refractivity contribution in [1.29, 1.82) is 0 Å². The van der Waals surface area contributed by atoms with Crippen LogP contribution in [0.25, 0.3) is 11.0 Å². The number of thioether (sulfide) groups is 1. The van der Waals surface area contributed by atoms with E-state index in [2.05, 4.69) is 25.6 Å². The molecule has 0 spiro atoms. The van der Waals surface area contributed by atoms with Gasteiger partial charge in [-0.25, -0.2) is 9.97 Å². The summed E-state index contributed by atoms with van der Waals surface area (Å²) in [5.41, 5.74) is 2.76. The molecular weight excluding hydrogens is 466 g/mol. The molecule has 35 heavy (non-hydrogen) atoms. The summed E-state index contributed by atoms with van der Waals surface area (Å²) in [7, 11) is 1.58. The Morgan fingerprint density at radius 3 is 2.83 bits per heavy atom. The largest absolute Gasteiger partial charge is 0.481 e. The van der Waals surface area contributed by atoms with E-state index in [4.69, 9.17) is 4.74 Å². The lowest BCUT2D eigenvalue weighted by Crippen LogP contribution is -2.40. The van der Waals surface area contributed by atoms with Gasteiger partial charge in [0.1, 0.15) is 11.5 Å². The van der Waals surface area contributed by atoms with Crippen molar-refractivity contribution in [1.82, 2.24) is 20.3 Å². The number of aliphatic hydroxyl groups is 1. The first kappa shape index (κ1) is 23.5. The average molecular weight is 494 g/mol. The van der Waals surface area contributed by atoms with Gasteiger partial charge in [-0.15, -0.1) is 11.8 Å². The fraction of sp³-hybridized carbons (Fsp3) is 0.400. The topological polar surface area (TPSA) is 126 Å². The number of aliphatic hydroxyl groups excluding tert-OH is 1. The molecule has 0 aromatic carbocycles. The summed E-state index contributed by atoms with van der Waals surface area (Å²) in [5.74, 6) is 1.11. The molecule has 10 heteroatoms. The van der Waals surface area contributed by atoms with Gasteiger partial charge >= 0.3 is 0 Å². The normalized spacial score (nSPS) is 20.6. The molecular formula is C25H27N5O4S. The number of nitrogens with one attached hydrogen (secondary N) is 2. The number of carbonyl (C=O) groups excluding carboxylic acids is 2. The highest BCUT2D eigenvalue weighted by Gasteiger charge is 2.28. The summed E-state index contributed by atoms with van der Waals surface area (Å²) in [6.07, 6.45) is 4.93. The highest BCUT2D eigenvalue weighted by atomic mass is 32.2. The zero-order valence-electron chi connectivity index (χ0n) is 19.4. The van der Waals surface area contributed by atoms with Crippen LogP contribution in [0.2, 0.25) is 0 Å². The number of pyridine rings is 3. The number of methoxy groups -OCH3 is 1. The molecule has 2 amide bonds. The zero-order chi connectivity index (χ0) is 24.4. The van der Waals surface area contributed by atoms with E-state index in [0.717, 1.165) is 47.2 Å². The van der Waals surface area contributed by atoms with Gasteiger partial charge in [0, 0.05) is 24.7 Å². The molecule has 0 unspecified atom stereocenters. The molecule has 3 N–H and O–H groups in total. The van der Waals surface area contributed by atoms with Crippen molar-refractivity contribution in [3.63, 3.8) is 0 Å². The predicted octanol–water partition coefficient (Wildman–Crippen LogP) is 2.97. The minimum Gasteiger partial charge on any atom is -0.481 e. The third kappa shape index (κ3) is 5.23. The third-order valence-corrected chi connectivity index (χ3v) is 7.69. The Balaban J connectivity index is 1.17. The van der Waals surface area contributed by atoms with Crippen molar-refractivity contribution in [2.75, 3.05) is 18.2 Å². The molecule has 3 aromatic rings. The first-order valence-electron chi connectivity index (χ1n) is 11.7. The Bertz CT molecular complexity index is 1260. The van der Waals surface area contributed by atoms with E-state index in [0.29, 0.717) is 29.6 Å². The van der Waals surface area contributed by atoms with Crippen LogP contribution in [0.3, 0.4) is 0 Å². The van der Waals surface area contributed by atoms with Crippen molar-refractivity contribution in [3.8, 4) is 5.88 Å². The van der Waals surface area contributed by atoms with E-state index in [9.17, 15) is 14.7 Å². The summed E-state index contributed by atoms with van der Waals surface area (Å²) in [4.78, 5) is 38.4. The van der Waals surface area contributed by atoms with E-state index >= 15 is 0 Å². The smallest absolute Gasteiger partial charge is 0.270 e. The van der Waals surface area contributed by atoms with Crippen molar-refractivity contribution < 1.29 is 19.4 Å². The molecule has 2 aliphatic rings. The van der Waals surface area contributed by atoms with Crippen LogP contribution in [-0.2, 0) is 11.2 Å². The van der Waals surface area contributed by atoms with Crippen molar-refractivity contribution in [3.05, 3.63) is 47.8 Å². The number of ether oxygens (including phenoxy) is 1. The van der Waals surface area contributed by atoms with E-state index in [1.165, 1.54) is 11.8 Å². The quantitative estimate of drug-likeness (QED) is 0.478. The third-order valence-electron chi connectivity index (χ3n) is 6.64. The van der Waals surface area contributed by atoms with Gasteiger partial charge < -0.3 is 20.5 Å². The van der Waals surface area contributed by atoms with Gasteiger partial charge in [0.05, 0.1) is 34.9 Å². The molecule has 0 saturated heterocycles. The van der Waals surface area contributed by atoms with Crippen LogP contribution >= 0.6 is 11.8 Å². The summed E-state index contributed by atoms with van der Waals surface area (Å²) in [6.45, 7) is 0. The molecule has 1 fully saturated rings. The molecule has 1 atom stereocenters. The van der Waals surface area contributed by atoms with E-state index < -0.39 is 6.10 Å². The zero-order valence-corrected chi connectivity index (χ0v) is 20.2. The summed E-state index contributed by atoms with van der Waals surface area (Å²) in [6, 6.07) is 9.09. The molecule has 5 rings (SSSR count). The van der Waals surface area contributed by atoms with Gasteiger partial charge in [0.2, 0.25) is 11.8 Å². The molecule has 3 aromatic heterocycles. The first-order valence-corrected chi connectivity index (χ1v) is 12.7. The second-order valence-electron chi connectivity index (χ2n) is 8.93. The van der Waals surface area contributed by atoms with Crippen LogP contribution in [0, 0.1) is 5.92 Å². The van der Waals surface area contributed by atoms with Crippen LogP contribution in [0.15, 0.2) is 41.4 Å². The molecule has 9 nitrogen and oxygen atoms in total. The molecule has 1 saturated carbocycles. The van der Waals surface area contributed by atoms with Crippen LogP contribution < -0.4 is 15.4 Å². The fourth-order valence-corrected chi connectivity index (χ4v) is 5.49. The van der Waals surface area contributed by atoms with Crippen molar-refractivity contribution in [2.24, 2.45) is 5.92 Å². The lowest BCUT2D eigenvalue weighted by Gasteiger charge is -2.32. The van der Waals surface area contributed by atoms with E-state index in [1.54, 1.807) is 25.4 Å². The lowest BCUT2D eigenvalue weighted by molar-refractivity contribution is -0.113. The van der Waals surface area contributed by atoms with Gasteiger partial charge in [-0.1, -0.05) is 0 Å². The van der Waals surface area contributed by atoms with Gasteiger partial charge in [-0.05, 0) is 61.4 Å². The maximum absolute atomic E-state index is 12.7. The summed E-state index contributed by atoms with van der Waals surface area (Å²) < 4.78 is 5.25. The number of carbonyl (C=O) groups is 2. The predicted molar refractivity (Wildman–Crippen MR) is 133 cm³/mol. The number of aromatic nitrogens is 3. The molecule has 4 heterocycles. The van der Waals surface area contributed by atoms with Crippen molar-refractivity contribution >= 4 is 40.4 Å². The summed E-state index contributed by atoms with van der Waals surface area (Å²) >= 11 is 1.41. The first-order chi connectivity index (χ1) is 17.0. The SMILES string of the molecule is COc1ccc2nccc(C[C@H](O)[C@H]3CC[C@H](NC(=O)c4ccc5c(n4)NC(=O)CS5)CC3)c2n1. The van der Waals surface area contributed by atoms with Crippen LogP contribution in [0.4, 0.5) is 5.82 Å². The maximum Gasteiger partial charge on any atom is 0.270 e. The molecule has 1 aliphatic heterocycles. The van der Waals surface area contributed by atoms with Gasteiger partial charge in [0.25, 0.3) is 5.91 Å². The average Bonchev–Trinajstić information content (AvgIpc) is 2.88. The van der Waals surface area contributed by atoms with Crippen LogP contribution in [-0.4, -0.2) is 56.9 Å². The summed E-state index contributed by atoms with van der Waals surface area (Å²) in [5, 5.41) is 16.8. The highest BCUT2D eigenvalue weighted by Crippen LogP contribution is 2.31. The Hall–Kier alpha value is -3.24. The number of amides is 2. The van der Waals surface area contributed by atoms with Gasteiger partial charge in [0.15, 0.2) is 0 Å². The number of hydrogen-bond donors (Lipinski definition) is 3. The number of nitrogens with zero attached hydrogens (tertiary/aromatic N) is 3. The van der Waals surface area contributed by atoms with Crippen LogP contribution in [0.1, 0.15) is 41.7 Å². The Labute approximate surface area is 207 Å². The second kappa shape index (κ2) is 10.2. The number of fused-ring (bicyclic) bond motifs is 2. The fourth-order valence-electron chi connectivity index (χ4n) is 4.73. The second-order valence-corrected chi connectivity index (χ2v) is 9.95.